The Morgan fingerprint density at radius 3 is 1.71 bits per heavy atom. The van der Waals surface area contributed by atoms with Crippen LogP contribution in [0.3, 0.4) is 0 Å². The van der Waals surface area contributed by atoms with Crippen molar-refractivity contribution < 1.29 is 5.11 Å². The van der Waals surface area contributed by atoms with Crippen LogP contribution in [0.1, 0.15) is 127 Å². The van der Waals surface area contributed by atoms with E-state index in [9.17, 15) is 5.11 Å². The molecule has 1 aromatic heterocycles. The first kappa shape index (κ1) is 30.7. The Bertz CT molecular complexity index is 701. The van der Waals surface area contributed by atoms with Crippen LogP contribution in [0.25, 0.3) is 0 Å². The number of halogens is 1. The summed E-state index contributed by atoms with van der Waals surface area (Å²) < 4.78 is 2.13. The van der Waals surface area contributed by atoms with Gasteiger partial charge in [-0.3, -0.25) is 0 Å². The van der Waals surface area contributed by atoms with E-state index in [1.807, 2.05) is 6.07 Å². The van der Waals surface area contributed by atoms with E-state index in [0.717, 1.165) is 18.7 Å². The number of rotatable bonds is 21. The Balaban J connectivity index is 0.00000578. The van der Waals surface area contributed by atoms with Gasteiger partial charge in [-0.2, -0.15) is 0 Å². The first-order valence-corrected chi connectivity index (χ1v) is 14.0. The average molecular weight is 491 g/mol. The molecule has 0 saturated carbocycles. The molecule has 0 aliphatic heterocycles. The highest BCUT2D eigenvalue weighted by Gasteiger charge is 2.08. The highest BCUT2D eigenvalue weighted by molar-refractivity contribution is 5.85. The minimum Gasteiger partial charge on any atom is -0.395 e. The highest BCUT2D eigenvalue weighted by Crippen LogP contribution is 2.16. The molecule has 194 valence electrons. The van der Waals surface area contributed by atoms with Crippen molar-refractivity contribution in [2.75, 3.05) is 6.61 Å². The fraction of sp³-hybridized carbons (Fsp3) is 0.700. The molecule has 2 rings (SSSR count). The molecule has 0 unspecified atom stereocenters. The van der Waals surface area contributed by atoms with Crippen LogP contribution in [0.2, 0.25) is 0 Å². The summed E-state index contributed by atoms with van der Waals surface area (Å²) in [5.41, 5.74) is 2.45. The molecule has 1 aromatic carbocycles. The second-order valence-corrected chi connectivity index (χ2v) is 9.78. The van der Waals surface area contributed by atoms with E-state index in [2.05, 4.69) is 42.0 Å². The fourth-order valence-electron chi connectivity index (χ4n) is 4.71. The Labute approximate surface area is 216 Å². The quantitative estimate of drug-likeness (QED) is 0.178. The van der Waals surface area contributed by atoms with Crippen LogP contribution < -0.4 is 0 Å². The molecule has 3 nitrogen and oxygen atoms in total. The first-order valence-electron chi connectivity index (χ1n) is 14.0. The van der Waals surface area contributed by atoms with Gasteiger partial charge in [0.15, 0.2) is 0 Å². The molecule has 0 atom stereocenters. The maximum Gasteiger partial charge on any atom is 0.113 e. The van der Waals surface area contributed by atoms with Crippen LogP contribution in [-0.2, 0) is 19.4 Å². The van der Waals surface area contributed by atoms with Crippen molar-refractivity contribution >= 4 is 12.4 Å². The lowest BCUT2D eigenvalue weighted by Crippen LogP contribution is -2.06. The lowest BCUT2D eigenvalue weighted by molar-refractivity contribution is 0.274. The Hall–Kier alpha value is -1.32. The van der Waals surface area contributed by atoms with Crippen molar-refractivity contribution in [3.8, 4) is 0 Å². The zero-order valence-corrected chi connectivity index (χ0v) is 22.7. The molecule has 0 aliphatic rings. The Morgan fingerprint density at radius 2 is 1.21 bits per heavy atom. The summed E-state index contributed by atoms with van der Waals surface area (Å²) in [7, 11) is 0. The van der Waals surface area contributed by atoms with Crippen LogP contribution in [0.5, 0.6) is 0 Å². The second kappa shape index (κ2) is 21.0. The topological polar surface area (TPSA) is 38.0 Å². The van der Waals surface area contributed by atoms with E-state index in [4.69, 9.17) is 4.98 Å². The SMILES string of the molecule is CCCCCCCCCCCCCCCCCCc1cn(CCO)c(Cc2ccccc2)n1.Cl. The van der Waals surface area contributed by atoms with Crippen LogP contribution in [-0.4, -0.2) is 21.3 Å². The van der Waals surface area contributed by atoms with Crippen molar-refractivity contribution in [1.29, 1.82) is 0 Å². The number of benzene rings is 1. The van der Waals surface area contributed by atoms with E-state index < -0.39 is 0 Å². The molecule has 0 radical (unpaired) electrons. The van der Waals surface area contributed by atoms with E-state index in [1.165, 1.54) is 114 Å². The Morgan fingerprint density at radius 1 is 0.706 bits per heavy atom. The number of aromatic nitrogens is 2. The molecular weight excluding hydrogens is 440 g/mol. The molecule has 1 heterocycles. The summed E-state index contributed by atoms with van der Waals surface area (Å²) in [5, 5.41) is 9.40. The monoisotopic (exact) mass is 490 g/mol. The van der Waals surface area contributed by atoms with Crippen molar-refractivity contribution in [2.45, 2.75) is 129 Å². The summed E-state index contributed by atoms with van der Waals surface area (Å²) in [6.07, 6.45) is 26.5. The summed E-state index contributed by atoms with van der Waals surface area (Å²) >= 11 is 0. The number of hydrogen-bond donors (Lipinski definition) is 1. The molecule has 0 fully saturated rings. The second-order valence-electron chi connectivity index (χ2n) is 9.78. The van der Waals surface area contributed by atoms with Gasteiger partial charge in [0.05, 0.1) is 12.3 Å². The number of aliphatic hydroxyl groups is 1. The summed E-state index contributed by atoms with van der Waals surface area (Å²) in [6.45, 7) is 3.09. The van der Waals surface area contributed by atoms with Crippen molar-refractivity contribution in [3.05, 3.63) is 53.6 Å². The minimum atomic E-state index is 0. The fourth-order valence-corrected chi connectivity index (χ4v) is 4.71. The molecule has 0 bridgehead atoms. The normalized spacial score (nSPS) is 11.0. The van der Waals surface area contributed by atoms with Gasteiger partial charge in [0.2, 0.25) is 0 Å². The van der Waals surface area contributed by atoms with Gasteiger partial charge in [0, 0.05) is 19.2 Å². The van der Waals surface area contributed by atoms with Gasteiger partial charge < -0.3 is 9.67 Å². The molecule has 2 aromatic rings. The van der Waals surface area contributed by atoms with Gasteiger partial charge in [-0.1, -0.05) is 134 Å². The van der Waals surface area contributed by atoms with Gasteiger partial charge in [0.1, 0.15) is 5.82 Å². The van der Waals surface area contributed by atoms with Crippen molar-refractivity contribution in [3.63, 3.8) is 0 Å². The van der Waals surface area contributed by atoms with E-state index >= 15 is 0 Å². The number of aliphatic hydroxyl groups excluding tert-OH is 1. The van der Waals surface area contributed by atoms with E-state index in [1.54, 1.807) is 0 Å². The van der Waals surface area contributed by atoms with Gasteiger partial charge in [-0.25, -0.2) is 4.98 Å². The standard InChI is InChI=1S/C30H50N2O.ClH/c1-2-3-4-5-6-7-8-9-10-11-12-13-14-15-16-20-23-29-27-32(24-25-33)30(31-29)26-28-21-18-17-19-22-28;/h17-19,21-22,27,33H,2-16,20,23-26H2,1H3;1H. The van der Waals surface area contributed by atoms with Gasteiger partial charge in [-0.05, 0) is 18.4 Å². The summed E-state index contributed by atoms with van der Waals surface area (Å²) in [6, 6.07) is 10.5. The molecule has 4 heteroatoms. The third kappa shape index (κ3) is 14.2. The van der Waals surface area contributed by atoms with Gasteiger partial charge in [-0.15, -0.1) is 12.4 Å². The third-order valence-corrected chi connectivity index (χ3v) is 6.74. The van der Waals surface area contributed by atoms with Crippen LogP contribution >= 0.6 is 12.4 Å². The third-order valence-electron chi connectivity index (χ3n) is 6.74. The number of imidazole rings is 1. The number of unbranched alkanes of at least 4 members (excludes halogenated alkanes) is 15. The lowest BCUT2D eigenvalue weighted by atomic mass is 10.0. The number of aryl methyl sites for hydroxylation is 1. The van der Waals surface area contributed by atoms with Crippen molar-refractivity contribution in [2.24, 2.45) is 0 Å². The first-order chi connectivity index (χ1) is 16.3. The smallest absolute Gasteiger partial charge is 0.113 e. The van der Waals surface area contributed by atoms with Gasteiger partial charge in [0.25, 0.3) is 0 Å². The van der Waals surface area contributed by atoms with E-state index in [-0.39, 0.29) is 19.0 Å². The maximum atomic E-state index is 9.40. The number of hydrogen-bond acceptors (Lipinski definition) is 2. The van der Waals surface area contributed by atoms with Gasteiger partial charge >= 0.3 is 0 Å². The minimum absolute atomic E-state index is 0. The predicted octanol–water partition coefficient (Wildman–Crippen LogP) is 8.69. The van der Waals surface area contributed by atoms with Crippen LogP contribution in [0.15, 0.2) is 36.5 Å². The largest absolute Gasteiger partial charge is 0.395 e. The zero-order valence-electron chi connectivity index (χ0n) is 21.9. The van der Waals surface area contributed by atoms with Crippen molar-refractivity contribution in [1.82, 2.24) is 9.55 Å². The predicted molar refractivity (Wildman–Crippen MR) is 149 cm³/mol. The van der Waals surface area contributed by atoms with Crippen LogP contribution in [0, 0.1) is 0 Å². The van der Waals surface area contributed by atoms with Crippen LogP contribution in [0.4, 0.5) is 0 Å². The Kier molecular flexibility index (Phi) is 19.0. The summed E-state index contributed by atoms with van der Waals surface area (Å²) in [4.78, 5) is 4.88. The molecule has 0 amide bonds. The molecule has 34 heavy (non-hydrogen) atoms. The molecule has 0 spiro atoms. The lowest BCUT2D eigenvalue weighted by Gasteiger charge is -2.05. The molecular formula is C30H51ClN2O. The van der Waals surface area contributed by atoms with E-state index in [0.29, 0.717) is 6.54 Å². The molecule has 1 N–H and O–H groups in total. The maximum absolute atomic E-state index is 9.40. The highest BCUT2D eigenvalue weighted by atomic mass is 35.5. The summed E-state index contributed by atoms with van der Waals surface area (Å²) in [5.74, 6) is 1.07. The average Bonchev–Trinajstić information content (AvgIpc) is 3.20. The molecule has 0 aliphatic carbocycles. The zero-order chi connectivity index (χ0) is 23.4. The molecule has 0 saturated heterocycles. The number of nitrogens with zero attached hydrogens (tertiary/aromatic N) is 2.